The van der Waals surface area contributed by atoms with E-state index in [9.17, 15) is 4.79 Å². The quantitative estimate of drug-likeness (QED) is 0.715. The average molecular weight is 210 g/mol. The summed E-state index contributed by atoms with van der Waals surface area (Å²) in [6, 6.07) is 0. The fraction of sp³-hybridized carbons (Fsp3) is 0.923. The van der Waals surface area contributed by atoms with Crippen LogP contribution in [0.3, 0.4) is 0 Å². The van der Waals surface area contributed by atoms with Crippen molar-refractivity contribution >= 4 is 5.78 Å². The van der Waals surface area contributed by atoms with E-state index in [-0.39, 0.29) is 0 Å². The van der Waals surface area contributed by atoms with Gasteiger partial charge in [-0.15, -0.1) is 0 Å². The highest BCUT2D eigenvalue weighted by atomic mass is 16.5. The summed E-state index contributed by atoms with van der Waals surface area (Å²) in [5.41, 5.74) is 0. The third-order valence-corrected chi connectivity index (χ3v) is 3.86. The zero-order valence-corrected chi connectivity index (χ0v) is 9.71. The second kappa shape index (κ2) is 5.11. The lowest BCUT2D eigenvalue weighted by Gasteiger charge is -2.26. The van der Waals surface area contributed by atoms with Gasteiger partial charge in [-0.1, -0.05) is 13.3 Å². The molecular formula is C13H22O2. The highest BCUT2D eigenvalue weighted by Crippen LogP contribution is 2.34. The van der Waals surface area contributed by atoms with E-state index in [0.717, 1.165) is 25.7 Å². The van der Waals surface area contributed by atoms with Crippen LogP contribution in [0.4, 0.5) is 0 Å². The molecule has 2 rings (SSSR count). The van der Waals surface area contributed by atoms with Crippen LogP contribution >= 0.6 is 0 Å². The molecule has 0 aromatic rings. The molecule has 0 N–H and O–H groups in total. The fourth-order valence-corrected chi connectivity index (χ4v) is 2.95. The Bertz CT molecular complexity index is 215. The molecule has 0 spiro atoms. The Hall–Kier alpha value is -0.370. The number of ketones is 1. The highest BCUT2D eigenvalue weighted by molar-refractivity contribution is 5.79. The molecule has 1 heterocycles. The lowest BCUT2D eigenvalue weighted by atomic mass is 9.84. The number of ether oxygens (including phenoxy) is 1. The Balaban J connectivity index is 1.78. The Labute approximate surface area is 92.4 Å². The van der Waals surface area contributed by atoms with Crippen molar-refractivity contribution in [3.8, 4) is 0 Å². The summed E-state index contributed by atoms with van der Waals surface area (Å²) >= 11 is 0. The van der Waals surface area contributed by atoms with Gasteiger partial charge < -0.3 is 4.74 Å². The summed E-state index contributed by atoms with van der Waals surface area (Å²) in [5.74, 6) is 1.12. The zero-order chi connectivity index (χ0) is 10.7. The minimum Gasteiger partial charge on any atom is -0.375 e. The van der Waals surface area contributed by atoms with Crippen molar-refractivity contribution in [2.24, 2.45) is 5.92 Å². The number of hydrogen-bond donors (Lipinski definition) is 0. The molecule has 1 saturated carbocycles. The number of carbonyl (C=O) groups excluding carboxylic acids is 1. The van der Waals surface area contributed by atoms with Gasteiger partial charge in [-0.2, -0.15) is 0 Å². The monoisotopic (exact) mass is 210 g/mol. The topological polar surface area (TPSA) is 26.3 Å². The van der Waals surface area contributed by atoms with Crippen molar-refractivity contribution < 1.29 is 9.53 Å². The molecule has 0 bridgehead atoms. The average Bonchev–Trinajstić information content (AvgIpc) is 2.68. The number of Topliss-reactive ketones (excluding diaryl/α,β-unsaturated/α-hetero) is 1. The van der Waals surface area contributed by atoms with Crippen molar-refractivity contribution in [3.63, 3.8) is 0 Å². The Morgan fingerprint density at radius 2 is 1.93 bits per heavy atom. The van der Waals surface area contributed by atoms with Gasteiger partial charge in [0.2, 0.25) is 0 Å². The van der Waals surface area contributed by atoms with Crippen LogP contribution in [0.25, 0.3) is 0 Å². The first kappa shape index (κ1) is 11.1. The van der Waals surface area contributed by atoms with Gasteiger partial charge in [0.1, 0.15) is 5.78 Å². The van der Waals surface area contributed by atoms with Gasteiger partial charge >= 0.3 is 0 Å². The minimum absolute atomic E-state index is 0.453. The molecule has 2 fully saturated rings. The molecule has 86 valence electrons. The Morgan fingerprint density at radius 3 is 2.60 bits per heavy atom. The van der Waals surface area contributed by atoms with Crippen molar-refractivity contribution in [3.05, 3.63) is 0 Å². The van der Waals surface area contributed by atoms with E-state index in [0.29, 0.717) is 23.9 Å². The van der Waals surface area contributed by atoms with Gasteiger partial charge in [0.15, 0.2) is 0 Å². The molecule has 1 saturated heterocycles. The van der Waals surface area contributed by atoms with E-state index in [1.54, 1.807) is 0 Å². The largest absolute Gasteiger partial charge is 0.375 e. The summed E-state index contributed by atoms with van der Waals surface area (Å²) < 4.78 is 6.07. The lowest BCUT2D eigenvalue weighted by molar-refractivity contribution is -0.122. The standard InChI is InChI=1S/C13H22O2/c1-2-3-12-8-9-13(15-12)10-4-6-11(14)7-5-10/h10,12-13H,2-9H2,1H3. The third-order valence-electron chi connectivity index (χ3n) is 3.86. The highest BCUT2D eigenvalue weighted by Gasteiger charge is 2.33. The molecule has 2 unspecified atom stereocenters. The van der Waals surface area contributed by atoms with Crippen LogP contribution in [-0.2, 0) is 9.53 Å². The van der Waals surface area contributed by atoms with E-state index >= 15 is 0 Å². The van der Waals surface area contributed by atoms with Crippen molar-refractivity contribution in [1.82, 2.24) is 0 Å². The van der Waals surface area contributed by atoms with Gasteiger partial charge in [-0.3, -0.25) is 4.79 Å². The molecule has 0 radical (unpaired) electrons. The van der Waals surface area contributed by atoms with Crippen LogP contribution in [0.5, 0.6) is 0 Å². The van der Waals surface area contributed by atoms with Crippen molar-refractivity contribution in [2.75, 3.05) is 0 Å². The maximum atomic E-state index is 11.1. The van der Waals surface area contributed by atoms with Gasteiger partial charge in [-0.25, -0.2) is 0 Å². The van der Waals surface area contributed by atoms with Gasteiger partial charge in [-0.05, 0) is 38.0 Å². The molecule has 0 aromatic carbocycles. The summed E-state index contributed by atoms with van der Waals surface area (Å²) in [4.78, 5) is 11.1. The normalized spacial score (nSPS) is 33.5. The molecule has 2 aliphatic rings. The molecular weight excluding hydrogens is 188 g/mol. The van der Waals surface area contributed by atoms with Crippen molar-refractivity contribution in [1.29, 1.82) is 0 Å². The zero-order valence-electron chi connectivity index (χ0n) is 9.71. The molecule has 15 heavy (non-hydrogen) atoms. The van der Waals surface area contributed by atoms with E-state index < -0.39 is 0 Å². The molecule has 2 heteroatoms. The summed E-state index contributed by atoms with van der Waals surface area (Å²) in [6.45, 7) is 2.22. The minimum atomic E-state index is 0.453. The summed E-state index contributed by atoms with van der Waals surface area (Å²) in [6.07, 6.45) is 9.61. The first-order chi connectivity index (χ1) is 7.29. The van der Waals surface area contributed by atoms with Crippen LogP contribution in [-0.4, -0.2) is 18.0 Å². The summed E-state index contributed by atoms with van der Waals surface area (Å²) in [5, 5.41) is 0. The first-order valence-electron chi connectivity index (χ1n) is 6.46. The third kappa shape index (κ3) is 2.81. The Morgan fingerprint density at radius 1 is 1.20 bits per heavy atom. The number of carbonyl (C=O) groups is 1. The maximum absolute atomic E-state index is 11.1. The van der Waals surface area contributed by atoms with Crippen LogP contribution in [0, 0.1) is 5.92 Å². The van der Waals surface area contributed by atoms with E-state index in [1.807, 2.05) is 0 Å². The second-order valence-electron chi connectivity index (χ2n) is 5.04. The molecule has 1 aliphatic carbocycles. The van der Waals surface area contributed by atoms with Gasteiger partial charge in [0.05, 0.1) is 12.2 Å². The predicted octanol–water partition coefficient (Wildman–Crippen LogP) is 3.09. The number of rotatable bonds is 3. The molecule has 2 nitrogen and oxygen atoms in total. The Kier molecular flexibility index (Phi) is 3.79. The summed E-state index contributed by atoms with van der Waals surface area (Å²) in [7, 11) is 0. The van der Waals surface area contributed by atoms with Gasteiger partial charge in [0.25, 0.3) is 0 Å². The molecule has 2 atom stereocenters. The van der Waals surface area contributed by atoms with Crippen molar-refractivity contribution in [2.45, 2.75) is 70.5 Å². The van der Waals surface area contributed by atoms with Crippen LogP contribution in [0.1, 0.15) is 58.3 Å². The molecule has 1 aliphatic heterocycles. The number of hydrogen-bond acceptors (Lipinski definition) is 2. The lowest BCUT2D eigenvalue weighted by Crippen LogP contribution is -2.26. The van der Waals surface area contributed by atoms with Gasteiger partial charge in [0, 0.05) is 12.8 Å². The first-order valence-corrected chi connectivity index (χ1v) is 6.46. The van der Waals surface area contributed by atoms with Crippen LogP contribution < -0.4 is 0 Å². The molecule has 0 amide bonds. The smallest absolute Gasteiger partial charge is 0.132 e. The maximum Gasteiger partial charge on any atom is 0.132 e. The van der Waals surface area contributed by atoms with E-state index in [4.69, 9.17) is 4.74 Å². The van der Waals surface area contributed by atoms with Crippen LogP contribution in [0.15, 0.2) is 0 Å². The SMILES string of the molecule is CCCC1CCC(C2CCC(=O)CC2)O1. The van der Waals surface area contributed by atoms with E-state index in [1.165, 1.54) is 25.7 Å². The molecule has 0 aromatic heterocycles. The predicted molar refractivity (Wildman–Crippen MR) is 59.8 cm³/mol. The van der Waals surface area contributed by atoms with Crippen LogP contribution in [0.2, 0.25) is 0 Å². The second-order valence-corrected chi connectivity index (χ2v) is 5.04. The fourth-order valence-electron chi connectivity index (χ4n) is 2.95. The van der Waals surface area contributed by atoms with E-state index in [2.05, 4.69) is 6.92 Å².